The van der Waals surface area contributed by atoms with Gasteiger partial charge in [-0.25, -0.2) is 4.39 Å². The quantitative estimate of drug-likeness (QED) is 0.855. The molecular weight excluding hydrogens is 229 g/mol. The molecule has 88 valence electrons. The van der Waals surface area contributed by atoms with Gasteiger partial charge in [-0.1, -0.05) is 24.4 Å². The molecule has 2 nitrogen and oxygen atoms in total. The molecule has 1 aliphatic rings. The van der Waals surface area contributed by atoms with Crippen molar-refractivity contribution in [1.29, 1.82) is 0 Å². The number of aliphatic hydroxyl groups is 1. The summed E-state index contributed by atoms with van der Waals surface area (Å²) in [6.07, 6.45) is 3.80. The van der Waals surface area contributed by atoms with Crippen LogP contribution in [-0.4, -0.2) is 17.3 Å². The number of anilines is 1. The van der Waals surface area contributed by atoms with Gasteiger partial charge in [-0.15, -0.1) is 0 Å². The first kappa shape index (κ1) is 11.7. The second-order valence-electron chi connectivity index (χ2n) is 4.41. The summed E-state index contributed by atoms with van der Waals surface area (Å²) in [5.74, 6) is -0.424. The van der Waals surface area contributed by atoms with Gasteiger partial charge in [0.25, 0.3) is 0 Å². The third kappa shape index (κ3) is 2.66. The van der Waals surface area contributed by atoms with E-state index in [1.54, 1.807) is 6.07 Å². The van der Waals surface area contributed by atoms with Crippen LogP contribution in [0.1, 0.15) is 25.7 Å². The van der Waals surface area contributed by atoms with Crippen LogP contribution in [0.4, 0.5) is 10.1 Å². The Hall–Kier alpha value is -0.800. The first-order valence-electron chi connectivity index (χ1n) is 5.50. The molecule has 0 aromatic heterocycles. The molecule has 16 heavy (non-hydrogen) atoms. The second-order valence-corrected chi connectivity index (χ2v) is 4.82. The fourth-order valence-electron chi connectivity index (χ4n) is 2.08. The molecule has 1 aromatic rings. The number of hydrogen-bond donors (Lipinski definition) is 2. The molecule has 2 N–H and O–H groups in total. The van der Waals surface area contributed by atoms with E-state index in [9.17, 15) is 9.50 Å². The Morgan fingerprint density at radius 3 is 2.69 bits per heavy atom. The topological polar surface area (TPSA) is 32.3 Å². The van der Waals surface area contributed by atoms with Gasteiger partial charge in [-0.3, -0.25) is 0 Å². The van der Waals surface area contributed by atoms with E-state index in [0.29, 0.717) is 6.54 Å². The highest BCUT2D eigenvalue weighted by Crippen LogP contribution is 2.30. The molecule has 0 amide bonds. The Balaban J connectivity index is 1.96. The molecule has 0 saturated heterocycles. The largest absolute Gasteiger partial charge is 0.388 e. The van der Waals surface area contributed by atoms with Crippen LogP contribution in [0.25, 0.3) is 0 Å². The van der Waals surface area contributed by atoms with Gasteiger partial charge in [-0.05, 0) is 31.0 Å². The predicted molar refractivity (Wildman–Crippen MR) is 63.3 cm³/mol. The second kappa shape index (κ2) is 4.60. The zero-order chi connectivity index (χ0) is 11.6. The van der Waals surface area contributed by atoms with E-state index in [1.807, 2.05) is 0 Å². The maximum atomic E-state index is 12.9. The molecule has 0 heterocycles. The van der Waals surface area contributed by atoms with E-state index in [4.69, 9.17) is 11.6 Å². The Bertz CT molecular complexity index is 377. The first-order chi connectivity index (χ1) is 7.59. The summed E-state index contributed by atoms with van der Waals surface area (Å²) in [6, 6.07) is 4.48. The molecule has 0 unspecified atom stereocenters. The number of rotatable bonds is 3. The van der Waals surface area contributed by atoms with Gasteiger partial charge in [0.2, 0.25) is 0 Å². The van der Waals surface area contributed by atoms with E-state index in [0.717, 1.165) is 31.4 Å². The molecule has 1 aromatic carbocycles. The summed E-state index contributed by atoms with van der Waals surface area (Å²) in [6.45, 7) is 0.495. The van der Waals surface area contributed by atoms with Crippen molar-refractivity contribution in [2.24, 2.45) is 0 Å². The third-order valence-electron chi connectivity index (χ3n) is 3.08. The minimum Gasteiger partial charge on any atom is -0.388 e. The Morgan fingerprint density at radius 1 is 1.38 bits per heavy atom. The molecule has 1 fully saturated rings. The molecule has 2 rings (SSSR count). The van der Waals surface area contributed by atoms with Crippen molar-refractivity contribution in [3.63, 3.8) is 0 Å². The number of benzene rings is 1. The smallest absolute Gasteiger partial charge is 0.141 e. The summed E-state index contributed by atoms with van der Waals surface area (Å²) >= 11 is 5.67. The molecule has 1 aliphatic carbocycles. The van der Waals surface area contributed by atoms with E-state index >= 15 is 0 Å². The number of hydrogen-bond acceptors (Lipinski definition) is 2. The van der Waals surface area contributed by atoms with Gasteiger partial charge in [0.15, 0.2) is 0 Å². The standard InChI is InChI=1S/C12H15ClFNO/c13-10-7-9(3-4-11(10)14)15-8-12(16)5-1-2-6-12/h3-4,7,15-16H,1-2,5-6,8H2. The highest BCUT2D eigenvalue weighted by molar-refractivity contribution is 6.31. The van der Waals surface area contributed by atoms with E-state index in [2.05, 4.69) is 5.32 Å². The minimum atomic E-state index is -0.610. The van der Waals surface area contributed by atoms with Crippen LogP contribution in [0.15, 0.2) is 18.2 Å². The van der Waals surface area contributed by atoms with Crippen LogP contribution >= 0.6 is 11.6 Å². The summed E-state index contributed by atoms with van der Waals surface area (Å²) in [4.78, 5) is 0. The Kier molecular flexibility index (Phi) is 3.36. The van der Waals surface area contributed by atoms with Crippen molar-refractivity contribution in [2.75, 3.05) is 11.9 Å². The molecule has 0 radical (unpaired) electrons. The van der Waals surface area contributed by atoms with Crippen molar-refractivity contribution >= 4 is 17.3 Å². The normalized spacial score (nSPS) is 18.7. The molecule has 0 bridgehead atoms. The maximum Gasteiger partial charge on any atom is 0.141 e. The molecular formula is C12H15ClFNO. The van der Waals surface area contributed by atoms with Crippen LogP contribution < -0.4 is 5.32 Å². The fraction of sp³-hybridized carbons (Fsp3) is 0.500. The zero-order valence-electron chi connectivity index (χ0n) is 8.97. The average Bonchev–Trinajstić information content (AvgIpc) is 2.68. The number of nitrogens with one attached hydrogen (secondary N) is 1. The van der Waals surface area contributed by atoms with E-state index in [-0.39, 0.29) is 5.02 Å². The lowest BCUT2D eigenvalue weighted by Crippen LogP contribution is -2.33. The van der Waals surface area contributed by atoms with Gasteiger partial charge in [0, 0.05) is 12.2 Å². The summed E-state index contributed by atoms with van der Waals surface area (Å²) in [5.41, 5.74) is 0.132. The number of halogens is 2. The molecule has 0 aliphatic heterocycles. The summed E-state index contributed by atoms with van der Waals surface area (Å²) < 4.78 is 12.9. The highest BCUT2D eigenvalue weighted by Gasteiger charge is 2.30. The Labute approximate surface area is 99.4 Å². The van der Waals surface area contributed by atoms with Gasteiger partial charge in [0.05, 0.1) is 10.6 Å². The van der Waals surface area contributed by atoms with Gasteiger partial charge < -0.3 is 10.4 Å². The third-order valence-corrected chi connectivity index (χ3v) is 3.37. The maximum absolute atomic E-state index is 12.9. The fourth-order valence-corrected chi connectivity index (χ4v) is 2.26. The van der Waals surface area contributed by atoms with Gasteiger partial charge in [-0.2, -0.15) is 0 Å². The van der Waals surface area contributed by atoms with Crippen LogP contribution in [-0.2, 0) is 0 Å². The minimum absolute atomic E-state index is 0.100. The van der Waals surface area contributed by atoms with Crippen LogP contribution in [0.3, 0.4) is 0 Å². The molecule has 0 atom stereocenters. The lowest BCUT2D eigenvalue weighted by atomic mass is 10.0. The predicted octanol–water partition coefficient (Wildman–Crippen LogP) is 3.20. The lowest BCUT2D eigenvalue weighted by Gasteiger charge is -2.23. The van der Waals surface area contributed by atoms with Gasteiger partial charge in [0.1, 0.15) is 5.82 Å². The van der Waals surface area contributed by atoms with Crippen molar-refractivity contribution in [3.05, 3.63) is 29.0 Å². The van der Waals surface area contributed by atoms with Gasteiger partial charge >= 0.3 is 0 Å². The van der Waals surface area contributed by atoms with Crippen molar-refractivity contribution in [2.45, 2.75) is 31.3 Å². The van der Waals surface area contributed by atoms with E-state index < -0.39 is 11.4 Å². The molecule has 0 spiro atoms. The highest BCUT2D eigenvalue weighted by atomic mass is 35.5. The lowest BCUT2D eigenvalue weighted by molar-refractivity contribution is 0.0615. The monoisotopic (exact) mass is 243 g/mol. The van der Waals surface area contributed by atoms with Crippen molar-refractivity contribution in [3.8, 4) is 0 Å². The zero-order valence-corrected chi connectivity index (χ0v) is 9.73. The SMILES string of the molecule is OC1(CNc2ccc(F)c(Cl)c2)CCCC1. The van der Waals surface area contributed by atoms with Crippen molar-refractivity contribution in [1.82, 2.24) is 0 Å². The van der Waals surface area contributed by atoms with Crippen molar-refractivity contribution < 1.29 is 9.50 Å². The average molecular weight is 244 g/mol. The molecule has 1 saturated carbocycles. The summed E-state index contributed by atoms with van der Waals surface area (Å²) in [5, 5.41) is 13.3. The first-order valence-corrected chi connectivity index (χ1v) is 5.88. The van der Waals surface area contributed by atoms with Crippen LogP contribution in [0.5, 0.6) is 0 Å². The van der Waals surface area contributed by atoms with Crippen LogP contribution in [0.2, 0.25) is 5.02 Å². The Morgan fingerprint density at radius 2 is 2.06 bits per heavy atom. The van der Waals surface area contributed by atoms with E-state index in [1.165, 1.54) is 12.1 Å². The molecule has 4 heteroatoms. The summed E-state index contributed by atoms with van der Waals surface area (Å²) in [7, 11) is 0. The van der Waals surface area contributed by atoms with Crippen LogP contribution in [0, 0.1) is 5.82 Å².